The molecule has 1 aromatic carbocycles. The average molecular weight is 330 g/mol. The van der Waals surface area contributed by atoms with Crippen LogP contribution in [0.4, 0.5) is 0 Å². The first-order valence-electron chi connectivity index (χ1n) is 5.02. The fourth-order valence-electron chi connectivity index (χ4n) is 1.35. The SMILES string of the molecule is CN(C)[C@H](NC(=O)c1ccccc1Cl)C(Cl)(Cl)Cl. The van der Waals surface area contributed by atoms with Crippen molar-refractivity contribution in [1.29, 1.82) is 0 Å². The second-order valence-electron chi connectivity index (χ2n) is 3.86. The maximum absolute atomic E-state index is 12.0. The molecular formula is C11H12Cl4N2O. The molecule has 1 atom stereocenters. The van der Waals surface area contributed by atoms with Crippen molar-refractivity contribution in [2.45, 2.75) is 9.96 Å². The van der Waals surface area contributed by atoms with E-state index in [1.807, 2.05) is 0 Å². The molecule has 18 heavy (non-hydrogen) atoms. The van der Waals surface area contributed by atoms with Gasteiger partial charge in [-0.2, -0.15) is 0 Å². The number of rotatable bonds is 3. The summed E-state index contributed by atoms with van der Waals surface area (Å²) >= 11 is 23.3. The lowest BCUT2D eigenvalue weighted by Gasteiger charge is -2.31. The molecule has 0 aliphatic carbocycles. The van der Waals surface area contributed by atoms with Gasteiger partial charge in [0.15, 0.2) is 0 Å². The Hall–Kier alpha value is -0.190. The molecular weight excluding hydrogens is 318 g/mol. The van der Waals surface area contributed by atoms with Crippen molar-refractivity contribution in [2.75, 3.05) is 14.1 Å². The third-order valence-electron chi connectivity index (χ3n) is 2.21. The summed E-state index contributed by atoms with van der Waals surface area (Å²) in [7, 11) is 3.39. The highest BCUT2D eigenvalue weighted by Gasteiger charge is 2.35. The van der Waals surface area contributed by atoms with Gasteiger partial charge < -0.3 is 5.32 Å². The van der Waals surface area contributed by atoms with Gasteiger partial charge in [0.05, 0.1) is 10.6 Å². The average Bonchev–Trinajstić information content (AvgIpc) is 2.24. The van der Waals surface area contributed by atoms with E-state index < -0.39 is 15.9 Å². The summed E-state index contributed by atoms with van der Waals surface area (Å²) < 4.78 is -1.64. The molecule has 0 spiro atoms. The largest absolute Gasteiger partial charge is 0.332 e. The summed E-state index contributed by atoms with van der Waals surface area (Å²) in [6.45, 7) is 0. The van der Waals surface area contributed by atoms with Crippen LogP contribution in [0, 0.1) is 0 Å². The molecule has 1 amide bonds. The van der Waals surface area contributed by atoms with Crippen molar-refractivity contribution in [3.05, 3.63) is 34.9 Å². The van der Waals surface area contributed by atoms with Crippen molar-refractivity contribution in [2.24, 2.45) is 0 Å². The molecule has 7 heteroatoms. The van der Waals surface area contributed by atoms with Gasteiger partial charge in [-0.3, -0.25) is 9.69 Å². The van der Waals surface area contributed by atoms with E-state index in [-0.39, 0.29) is 0 Å². The molecule has 100 valence electrons. The second-order valence-corrected chi connectivity index (χ2v) is 6.64. The van der Waals surface area contributed by atoms with Gasteiger partial charge in [0.25, 0.3) is 5.91 Å². The van der Waals surface area contributed by atoms with Gasteiger partial charge in [-0.25, -0.2) is 0 Å². The summed E-state index contributed by atoms with van der Waals surface area (Å²) in [6, 6.07) is 6.66. The fraction of sp³-hybridized carbons (Fsp3) is 0.364. The molecule has 0 radical (unpaired) electrons. The molecule has 0 aliphatic rings. The normalized spacial score (nSPS) is 13.5. The zero-order chi connectivity index (χ0) is 13.9. The predicted octanol–water partition coefficient (Wildman–Crippen LogP) is 3.33. The number of halogens is 4. The molecule has 1 rings (SSSR count). The Labute approximate surface area is 126 Å². The van der Waals surface area contributed by atoms with E-state index in [9.17, 15) is 4.79 Å². The standard InChI is InChI=1S/C11H12Cl4N2O/c1-17(2)10(11(13,14)15)16-9(18)7-5-3-4-6-8(7)12/h3-6,10H,1-2H3,(H,16,18)/t10-/m0/s1. The van der Waals surface area contributed by atoms with E-state index >= 15 is 0 Å². The van der Waals surface area contributed by atoms with Gasteiger partial charge >= 0.3 is 0 Å². The van der Waals surface area contributed by atoms with Crippen LogP contribution < -0.4 is 5.32 Å². The maximum Gasteiger partial charge on any atom is 0.254 e. The zero-order valence-electron chi connectivity index (χ0n) is 9.75. The van der Waals surface area contributed by atoms with Crippen LogP contribution in [0.25, 0.3) is 0 Å². The van der Waals surface area contributed by atoms with Gasteiger partial charge in [0.2, 0.25) is 3.79 Å². The molecule has 3 nitrogen and oxygen atoms in total. The molecule has 0 unspecified atom stereocenters. The fourth-order valence-corrected chi connectivity index (χ4v) is 2.32. The van der Waals surface area contributed by atoms with Crippen LogP contribution in [-0.4, -0.2) is 34.9 Å². The third kappa shape index (κ3) is 4.18. The highest BCUT2D eigenvalue weighted by molar-refractivity contribution is 6.68. The van der Waals surface area contributed by atoms with E-state index in [4.69, 9.17) is 46.4 Å². The summed E-state index contributed by atoms with van der Waals surface area (Å²) in [6.07, 6.45) is -0.758. The Kier molecular flexibility index (Phi) is 5.56. The van der Waals surface area contributed by atoms with Crippen LogP contribution in [0.15, 0.2) is 24.3 Å². The molecule has 0 saturated heterocycles. The molecule has 1 N–H and O–H groups in total. The lowest BCUT2D eigenvalue weighted by Crippen LogP contribution is -2.52. The topological polar surface area (TPSA) is 32.3 Å². The molecule has 0 aliphatic heterocycles. The number of amides is 1. The monoisotopic (exact) mass is 328 g/mol. The Morgan fingerprint density at radius 2 is 1.83 bits per heavy atom. The van der Waals surface area contributed by atoms with Crippen molar-refractivity contribution in [1.82, 2.24) is 10.2 Å². The Morgan fingerprint density at radius 3 is 2.28 bits per heavy atom. The highest BCUT2D eigenvalue weighted by atomic mass is 35.6. The quantitative estimate of drug-likeness (QED) is 0.681. The summed E-state index contributed by atoms with van der Waals surface area (Å²) in [5, 5.41) is 2.96. The third-order valence-corrected chi connectivity index (χ3v) is 3.16. The number of hydrogen-bond donors (Lipinski definition) is 1. The van der Waals surface area contributed by atoms with E-state index in [0.717, 1.165) is 0 Å². The summed E-state index contributed by atoms with van der Waals surface area (Å²) in [4.78, 5) is 13.6. The maximum atomic E-state index is 12.0. The van der Waals surface area contributed by atoms with Crippen molar-refractivity contribution < 1.29 is 4.79 Å². The number of hydrogen-bond acceptors (Lipinski definition) is 2. The van der Waals surface area contributed by atoms with Crippen molar-refractivity contribution >= 4 is 52.3 Å². The smallest absolute Gasteiger partial charge is 0.254 e. The van der Waals surface area contributed by atoms with E-state index in [0.29, 0.717) is 10.6 Å². The van der Waals surface area contributed by atoms with Crippen LogP contribution in [0.2, 0.25) is 5.02 Å². The summed E-state index contributed by atoms with van der Waals surface area (Å²) in [5.74, 6) is -0.398. The summed E-state index contributed by atoms with van der Waals surface area (Å²) in [5.41, 5.74) is 0.334. The minimum absolute atomic E-state index is 0.334. The first kappa shape index (κ1) is 15.9. The van der Waals surface area contributed by atoms with Crippen LogP contribution >= 0.6 is 46.4 Å². The van der Waals surface area contributed by atoms with Gasteiger partial charge in [0.1, 0.15) is 6.17 Å². The van der Waals surface area contributed by atoms with Gasteiger partial charge in [-0.1, -0.05) is 58.5 Å². The number of carbonyl (C=O) groups is 1. The van der Waals surface area contributed by atoms with Crippen molar-refractivity contribution in [3.8, 4) is 0 Å². The van der Waals surface area contributed by atoms with E-state index in [1.165, 1.54) is 0 Å². The number of carbonyl (C=O) groups excluding carboxylic acids is 1. The first-order valence-corrected chi connectivity index (χ1v) is 6.53. The zero-order valence-corrected chi connectivity index (χ0v) is 12.8. The highest BCUT2D eigenvalue weighted by Crippen LogP contribution is 2.31. The lowest BCUT2D eigenvalue weighted by atomic mass is 10.2. The number of benzene rings is 1. The molecule has 0 aromatic heterocycles. The minimum Gasteiger partial charge on any atom is -0.332 e. The lowest BCUT2D eigenvalue weighted by molar-refractivity contribution is 0.0892. The number of nitrogens with zero attached hydrogens (tertiary/aromatic N) is 1. The van der Waals surface area contributed by atoms with Crippen LogP contribution in [-0.2, 0) is 0 Å². The molecule has 0 bridgehead atoms. The predicted molar refractivity (Wildman–Crippen MR) is 76.7 cm³/mol. The van der Waals surface area contributed by atoms with E-state index in [2.05, 4.69) is 5.32 Å². The number of alkyl halides is 3. The molecule has 1 aromatic rings. The van der Waals surface area contributed by atoms with Crippen LogP contribution in [0.3, 0.4) is 0 Å². The first-order chi connectivity index (χ1) is 8.23. The second kappa shape index (κ2) is 6.31. The Bertz CT molecular complexity index is 431. The molecule has 0 saturated carbocycles. The Morgan fingerprint density at radius 1 is 1.28 bits per heavy atom. The molecule has 0 heterocycles. The number of nitrogens with one attached hydrogen (secondary N) is 1. The van der Waals surface area contributed by atoms with Crippen LogP contribution in [0.1, 0.15) is 10.4 Å². The van der Waals surface area contributed by atoms with Gasteiger partial charge in [-0.15, -0.1) is 0 Å². The van der Waals surface area contributed by atoms with Crippen LogP contribution in [0.5, 0.6) is 0 Å². The van der Waals surface area contributed by atoms with Gasteiger partial charge in [-0.05, 0) is 26.2 Å². The van der Waals surface area contributed by atoms with Gasteiger partial charge in [0, 0.05) is 0 Å². The van der Waals surface area contributed by atoms with E-state index in [1.54, 1.807) is 43.3 Å². The van der Waals surface area contributed by atoms with Crippen molar-refractivity contribution in [3.63, 3.8) is 0 Å². The minimum atomic E-state index is -1.64. The Balaban J connectivity index is 2.90. The molecule has 0 fully saturated rings.